The van der Waals surface area contributed by atoms with Crippen LogP contribution in [-0.4, -0.2) is 63.5 Å². The van der Waals surface area contributed by atoms with Gasteiger partial charge in [0.2, 0.25) is 6.29 Å². The highest BCUT2D eigenvalue weighted by atomic mass is 16.7. The van der Waals surface area contributed by atoms with E-state index in [0.717, 1.165) is 0 Å². The molecule has 4 N–H and O–H groups in total. The maximum atomic E-state index is 11.2. The van der Waals surface area contributed by atoms with Crippen molar-refractivity contribution in [2.75, 3.05) is 6.61 Å². The fraction of sp³-hybridized carbons (Fsp3) is 0.500. The minimum Gasteiger partial charge on any atom is -0.462 e. The Morgan fingerprint density at radius 2 is 1.76 bits per heavy atom. The van der Waals surface area contributed by atoms with Crippen LogP contribution in [0.15, 0.2) is 24.3 Å². The summed E-state index contributed by atoms with van der Waals surface area (Å²) >= 11 is 0. The summed E-state index contributed by atoms with van der Waals surface area (Å²) in [7, 11) is 0. The lowest BCUT2D eigenvalue weighted by molar-refractivity contribution is -0.277. The van der Waals surface area contributed by atoms with E-state index in [1.54, 1.807) is 12.1 Å². The Hall–Kier alpha value is -1.51. The van der Waals surface area contributed by atoms with Gasteiger partial charge in [-0.05, 0) is 31.2 Å². The highest BCUT2D eigenvalue weighted by Gasteiger charge is 2.44. The van der Waals surface area contributed by atoms with Gasteiger partial charge in [-0.1, -0.05) is 0 Å². The molecule has 1 fully saturated rings. The lowest BCUT2D eigenvalue weighted by Crippen LogP contribution is -2.60. The van der Waals surface area contributed by atoms with E-state index in [1.807, 2.05) is 0 Å². The number of aliphatic hydroxyl groups excluding tert-OH is 4. The molecule has 1 aromatic carbocycles. The highest BCUT2D eigenvalue weighted by molar-refractivity contribution is 5.94. The summed E-state index contributed by atoms with van der Waals surface area (Å²) in [5, 5.41) is 38.2. The third-order valence-corrected chi connectivity index (χ3v) is 3.36. The zero-order valence-corrected chi connectivity index (χ0v) is 11.4. The molecule has 0 saturated carbocycles. The van der Waals surface area contributed by atoms with Crippen molar-refractivity contribution < 1.29 is 34.7 Å². The predicted octanol–water partition coefficient (Wildman–Crippen LogP) is -0.932. The van der Waals surface area contributed by atoms with E-state index in [-0.39, 0.29) is 5.78 Å². The van der Waals surface area contributed by atoms with Gasteiger partial charge in [0, 0.05) is 5.56 Å². The number of carbonyl (C=O) groups is 1. The van der Waals surface area contributed by atoms with Crippen molar-refractivity contribution >= 4 is 5.78 Å². The van der Waals surface area contributed by atoms with Crippen molar-refractivity contribution in [1.82, 2.24) is 0 Å². The Morgan fingerprint density at radius 3 is 2.29 bits per heavy atom. The molecular formula is C14H18O7. The molecule has 0 aromatic heterocycles. The Labute approximate surface area is 121 Å². The SMILES string of the molecule is CC(=O)c1ccc(OC2OC(CO)[C@H](O)C(O)C2O)cc1. The normalized spacial score (nSPS) is 32.7. The van der Waals surface area contributed by atoms with Crippen LogP contribution >= 0.6 is 0 Å². The summed E-state index contributed by atoms with van der Waals surface area (Å²) in [6, 6.07) is 6.17. The minimum absolute atomic E-state index is 0.0885. The van der Waals surface area contributed by atoms with Crippen LogP contribution in [0, 0.1) is 0 Å². The summed E-state index contributed by atoms with van der Waals surface area (Å²) in [6.45, 7) is 0.918. The molecule has 0 radical (unpaired) electrons. The van der Waals surface area contributed by atoms with Gasteiger partial charge in [0.05, 0.1) is 6.61 Å². The fourth-order valence-corrected chi connectivity index (χ4v) is 2.07. The van der Waals surface area contributed by atoms with E-state index < -0.39 is 37.3 Å². The summed E-state index contributed by atoms with van der Waals surface area (Å²) in [4.78, 5) is 11.2. The predicted molar refractivity (Wildman–Crippen MR) is 70.8 cm³/mol. The molecule has 0 bridgehead atoms. The summed E-state index contributed by atoms with van der Waals surface area (Å²) in [5.74, 6) is 0.235. The van der Waals surface area contributed by atoms with Gasteiger partial charge >= 0.3 is 0 Å². The molecule has 116 valence electrons. The van der Waals surface area contributed by atoms with E-state index in [1.165, 1.54) is 19.1 Å². The topological polar surface area (TPSA) is 116 Å². The maximum absolute atomic E-state index is 11.2. The molecule has 1 aliphatic rings. The lowest BCUT2D eigenvalue weighted by atomic mass is 9.99. The first-order valence-corrected chi connectivity index (χ1v) is 6.52. The number of rotatable bonds is 4. The Balaban J connectivity index is 2.08. The van der Waals surface area contributed by atoms with Crippen LogP contribution in [0.5, 0.6) is 5.75 Å². The lowest BCUT2D eigenvalue weighted by Gasteiger charge is -2.39. The van der Waals surface area contributed by atoms with E-state index in [2.05, 4.69) is 0 Å². The van der Waals surface area contributed by atoms with Gasteiger partial charge < -0.3 is 29.9 Å². The van der Waals surface area contributed by atoms with Crippen LogP contribution in [0.25, 0.3) is 0 Å². The molecule has 21 heavy (non-hydrogen) atoms. The van der Waals surface area contributed by atoms with E-state index in [9.17, 15) is 20.1 Å². The van der Waals surface area contributed by atoms with Gasteiger partial charge in [-0.25, -0.2) is 0 Å². The molecule has 7 nitrogen and oxygen atoms in total. The Bertz CT molecular complexity index is 485. The summed E-state index contributed by atoms with van der Waals surface area (Å²) in [5.41, 5.74) is 0.510. The molecule has 1 aliphatic heterocycles. The second-order valence-electron chi connectivity index (χ2n) is 4.90. The van der Waals surface area contributed by atoms with E-state index >= 15 is 0 Å². The molecule has 1 heterocycles. The second-order valence-corrected chi connectivity index (χ2v) is 4.90. The molecule has 7 heteroatoms. The first-order valence-electron chi connectivity index (χ1n) is 6.52. The third-order valence-electron chi connectivity index (χ3n) is 3.36. The Kier molecular flexibility index (Phi) is 4.92. The number of ketones is 1. The highest BCUT2D eigenvalue weighted by Crippen LogP contribution is 2.24. The van der Waals surface area contributed by atoms with Crippen LogP contribution in [0.1, 0.15) is 17.3 Å². The number of carbonyl (C=O) groups excluding carboxylic acids is 1. The van der Waals surface area contributed by atoms with Gasteiger partial charge in [-0.15, -0.1) is 0 Å². The number of Topliss-reactive ketones (excluding diaryl/α,β-unsaturated/α-hetero) is 1. The van der Waals surface area contributed by atoms with Crippen molar-refractivity contribution in [3.63, 3.8) is 0 Å². The first-order chi connectivity index (χ1) is 9.93. The first kappa shape index (κ1) is 15.9. The quantitative estimate of drug-likeness (QED) is 0.530. The number of ether oxygens (including phenoxy) is 2. The zero-order chi connectivity index (χ0) is 15.6. The summed E-state index contributed by atoms with van der Waals surface area (Å²) < 4.78 is 10.6. The number of aliphatic hydroxyl groups is 4. The molecule has 0 aliphatic carbocycles. The van der Waals surface area contributed by atoms with Crippen molar-refractivity contribution in [3.05, 3.63) is 29.8 Å². The zero-order valence-electron chi connectivity index (χ0n) is 11.4. The second kappa shape index (κ2) is 6.50. The van der Waals surface area contributed by atoms with Gasteiger partial charge in [0.25, 0.3) is 0 Å². The monoisotopic (exact) mass is 298 g/mol. The van der Waals surface area contributed by atoms with Crippen molar-refractivity contribution in [3.8, 4) is 5.75 Å². The molecule has 1 saturated heterocycles. The van der Waals surface area contributed by atoms with Crippen molar-refractivity contribution in [2.45, 2.75) is 37.6 Å². The minimum atomic E-state index is -1.49. The van der Waals surface area contributed by atoms with Crippen LogP contribution in [0.3, 0.4) is 0 Å². The number of hydrogen-bond acceptors (Lipinski definition) is 7. The van der Waals surface area contributed by atoms with Gasteiger partial charge in [-0.3, -0.25) is 4.79 Å². The number of hydrogen-bond donors (Lipinski definition) is 4. The Morgan fingerprint density at radius 1 is 1.14 bits per heavy atom. The maximum Gasteiger partial charge on any atom is 0.229 e. The smallest absolute Gasteiger partial charge is 0.229 e. The van der Waals surface area contributed by atoms with Crippen LogP contribution < -0.4 is 4.74 Å². The molecule has 5 atom stereocenters. The third kappa shape index (κ3) is 3.39. The molecule has 0 amide bonds. The van der Waals surface area contributed by atoms with Crippen molar-refractivity contribution in [2.24, 2.45) is 0 Å². The average molecular weight is 298 g/mol. The van der Waals surface area contributed by atoms with Gasteiger partial charge in [-0.2, -0.15) is 0 Å². The molecular weight excluding hydrogens is 280 g/mol. The average Bonchev–Trinajstić information content (AvgIpc) is 2.48. The standard InChI is InChI=1S/C14H18O7/c1-7(16)8-2-4-9(5-3-8)20-14-13(19)12(18)11(17)10(6-15)21-14/h2-5,10-15,17-19H,6H2,1H3/t10?,11-,12?,13?,14?/m0/s1. The van der Waals surface area contributed by atoms with Gasteiger partial charge in [0.15, 0.2) is 5.78 Å². The van der Waals surface area contributed by atoms with Crippen LogP contribution in [0.2, 0.25) is 0 Å². The van der Waals surface area contributed by atoms with E-state index in [0.29, 0.717) is 11.3 Å². The number of benzene rings is 1. The van der Waals surface area contributed by atoms with Crippen LogP contribution in [0.4, 0.5) is 0 Å². The van der Waals surface area contributed by atoms with Crippen LogP contribution in [-0.2, 0) is 4.74 Å². The fourth-order valence-electron chi connectivity index (χ4n) is 2.07. The van der Waals surface area contributed by atoms with E-state index in [4.69, 9.17) is 14.6 Å². The molecule has 2 rings (SSSR count). The molecule has 0 spiro atoms. The molecule has 4 unspecified atom stereocenters. The summed E-state index contributed by atoms with van der Waals surface area (Å²) in [6.07, 6.45) is -6.63. The largest absolute Gasteiger partial charge is 0.462 e. The van der Waals surface area contributed by atoms with Gasteiger partial charge in [0.1, 0.15) is 30.2 Å². The van der Waals surface area contributed by atoms with Crippen molar-refractivity contribution in [1.29, 1.82) is 0 Å². The molecule has 1 aromatic rings.